The van der Waals surface area contributed by atoms with Crippen LogP contribution in [0.4, 0.5) is 5.95 Å². The summed E-state index contributed by atoms with van der Waals surface area (Å²) in [7, 11) is 1.64. The molecule has 0 spiro atoms. The lowest BCUT2D eigenvalue weighted by Gasteiger charge is -2.07. The molecule has 1 heterocycles. The van der Waals surface area contributed by atoms with Crippen molar-refractivity contribution in [1.29, 1.82) is 0 Å². The number of rotatable bonds is 10. The minimum atomic E-state index is -0.165. The Morgan fingerprint density at radius 2 is 1.83 bits per heavy atom. The Kier molecular flexibility index (Phi) is 7.70. The van der Waals surface area contributed by atoms with Gasteiger partial charge in [0.05, 0.1) is 5.56 Å². The van der Waals surface area contributed by atoms with E-state index in [4.69, 9.17) is 4.74 Å². The Labute approximate surface area is 142 Å². The Bertz CT molecular complexity index is 602. The number of hydrogen-bond acceptors (Lipinski definition) is 5. The predicted molar refractivity (Wildman–Crippen MR) is 94.1 cm³/mol. The minimum Gasteiger partial charge on any atom is -0.385 e. The van der Waals surface area contributed by atoms with Gasteiger partial charge >= 0.3 is 0 Å². The summed E-state index contributed by atoms with van der Waals surface area (Å²) >= 11 is 0. The molecule has 2 aromatic rings. The third kappa shape index (κ3) is 6.34. The molecule has 2 N–H and O–H groups in total. The molecular formula is C18H24N4O2. The zero-order valence-corrected chi connectivity index (χ0v) is 14.0. The maximum Gasteiger partial charge on any atom is 0.254 e. The predicted octanol–water partition coefficient (Wildman–Crippen LogP) is 2.29. The van der Waals surface area contributed by atoms with Crippen molar-refractivity contribution in [3.05, 3.63) is 53.9 Å². The van der Waals surface area contributed by atoms with Crippen LogP contribution in [0, 0.1) is 0 Å². The molecule has 128 valence electrons. The maximum absolute atomic E-state index is 11.9. The summed E-state index contributed by atoms with van der Waals surface area (Å²) in [6, 6.07) is 10.4. The van der Waals surface area contributed by atoms with E-state index in [2.05, 4.69) is 32.7 Å². The third-order valence-corrected chi connectivity index (χ3v) is 3.49. The highest BCUT2D eigenvalue weighted by atomic mass is 16.5. The molecule has 0 unspecified atom stereocenters. The molecule has 1 aromatic carbocycles. The molecule has 1 amide bonds. The molecule has 0 fully saturated rings. The van der Waals surface area contributed by atoms with E-state index < -0.39 is 0 Å². The second-order valence-corrected chi connectivity index (χ2v) is 5.41. The van der Waals surface area contributed by atoms with Crippen molar-refractivity contribution in [2.24, 2.45) is 0 Å². The zero-order chi connectivity index (χ0) is 17.0. The quantitative estimate of drug-likeness (QED) is 0.655. The monoisotopic (exact) mass is 328 g/mol. The summed E-state index contributed by atoms with van der Waals surface area (Å²) in [6.07, 6.45) is 5.87. The topological polar surface area (TPSA) is 76.1 Å². The van der Waals surface area contributed by atoms with Gasteiger partial charge in [-0.1, -0.05) is 30.3 Å². The zero-order valence-electron chi connectivity index (χ0n) is 14.0. The molecule has 6 nitrogen and oxygen atoms in total. The highest BCUT2D eigenvalue weighted by molar-refractivity contribution is 5.93. The first kappa shape index (κ1) is 17.9. The van der Waals surface area contributed by atoms with Crippen molar-refractivity contribution >= 4 is 11.9 Å². The number of aromatic nitrogens is 2. The number of methoxy groups -OCH3 is 1. The second kappa shape index (κ2) is 10.3. The van der Waals surface area contributed by atoms with Crippen LogP contribution in [0.1, 0.15) is 28.8 Å². The average molecular weight is 328 g/mol. The fourth-order valence-electron chi connectivity index (χ4n) is 2.19. The smallest absolute Gasteiger partial charge is 0.254 e. The van der Waals surface area contributed by atoms with Gasteiger partial charge in [-0.2, -0.15) is 0 Å². The molecule has 0 bridgehead atoms. The number of ether oxygens (including phenoxy) is 1. The molecule has 1 aromatic heterocycles. The van der Waals surface area contributed by atoms with Gasteiger partial charge in [0.2, 0.25) is 5.95 Å². The number of nitrogens with zero attached hydrogens (tertiary/aromatic N) is 2. The van der Waals surface area contributed by atoms with E-state index in [1.165, 1.54) is 18.0 Å². The molecular weight excluding hydrogens is 304 g/mol. The van der Waals surface area contributed by atoms with E-state index in [-0.39, 0.29) is 5.91 Å². The number of hydrogen-bond donors (Lipinski definition) is 2. The summed E-state index contributed by atoms with van der Waals surface area (Å²) in [5.74, 6) is 0.376. The minimum absolute atomic E-state index is 0.165. The van der Waals surface area contributed by atoms with Crippen LogP contribution < -0.4 is 10.6 Å². The van der Waals surface area contributed by atoms with E-state index in [0.29, 0.717) is 24.7 Å². The van der Waals surface area contributed by atoms with Crippen LogP contribution in [-0.2, 0) is 11.2 Å². The molecule has 0 aliphatic heterocycles. The van der Waals surface area contributed by atoms with Gasteiger partial charge in [0.1, 0.15) is 0 Å². The highest BCUT2D eigenvalue weighted by Gasteiger charge is 2.06. The Hall–Kier alpha value is -2.47. The van der Waals surface area contributed by atoms with E-state index in [1.807, 2.05) is 18.2 Å². The summed E-state index contributed by atoms with van der Waals surface area (Å²) in [5, 5.41) is 5.97. The highest BCUT2D eigenvalue weighted by Crippen LogP contribution is 2.04. The normalized spacial score (nSPS) is 10.4. The third-order valence-electron chi connectivity index (χ3n) is 3.49. The van der Waals surface area contributed by atoms with E-state index in [9.17, 15) is 4.79 Å². The number of carbonyl (C=O) groups excluding carboxylic acids is 1. The van der Waals surface area contributed by atoms with Crippen molar-refractivity contribution in [3.8, 4) is 0 Å². The molecule has 0 atom stereocenters. The first-order valence-corrected chi connectivity index (χ1v) is 8.16. The van der Waals surface area contributed by atoms with Crippen molar-refractivity contribution in [2.45, 2.75) is 19.3 Å². The van der Waals surface area contributed by atoms with Crippen LogP contribution in [0.25, 0.3) is 0 Å². The number of anilines is 1. The van der Waals surface area contributed by atoms with Gasteiger partial charge in [0.25, 0.3) is 5.91 Å². The van der Waals surface area contributed by atoms with Crippen molar-refractivity contribution < 1.29 is 9.53 Å². The summed E-state index contributed by atoms with van der Waals surface area (Å²) < 4.78 is 4.94. The fraction of sp³-hybridized carbons (Fsp3) is 0.389. The van der Waals surface area contributed by atoms with Crippen molar-refractivity contribution in [1.82, 2.24) is 15.3 Å². The summed E-state index contributed by atoms with van der Waals surface area (Å²) in [4.78, 5) is 20.2. The van der Waals surface area contributed by atoms with Gasteiger partial charge in [-0.3, -0.25) is 4.79 Å². The van der Waals surface area contributed by atoms with E-state index in [1.54, 1.807) is 7.11 Å². The van der Waals surface area contributed by atoms with E-state index in [0.717, 1.165) is 25.8 Å². The molecule has 2 rings (SSSR count). The fourth-order valence-corrected chi connectivity index (χ4v) is 2.19. The lowest BCUT2D eigenvalue weighted by atomic mass is 10.1. The van der Waals surface area contributed by atoms with Gasteiger partial charge in [-0.25, -0.2) is 9.97 Å². The largest absolute Gasteiger partial charge is 0.385 e. The van der Waals surface area contributed by atoms with Crippen LogP contribution in [0.5, 0.6) is 0 Å². The number of amides is 1. The van der Waals surface area contributed by atoms with Crippen LogP contribution in [-0.4, -0.2) is 42.7 Å². The van der Waals surface area contributed by atoms with Crippen molar-refractivity contribution in [2.75, 3.05) is 32.1 Å². The Morgan fingerprint density at radius 1 is 1.08 bits per heavy atom. The molecule has 0 radical (unpaired) electrons. The summed E-state index contributed by atoms with van der Waals surface area (Å²) in [6.45, 7) is 1.99. The van der Waals surface area contributed by atoms with Gasteiger partial charge < -0.3 is 15.4 Å². The first-order chi connectivity index (χ1) is 11.8. The second-order valence-electron chi connectivity index (χ2n) is 5.41. The average Bonchev–Trinajstić information content (AvgIpc) is 2.63. The molecule has 24 heavy (non-hydrogen) atoms. The van der Waals surface area contributed by atoms with Crippen LogP contribution in [0.2, 0.25) is 0 Å². The molecule has 0 aliphatic rings. The lowest BCUT2D eigenvalue weighted by Crippen LogP contribution is -2.25. The Morgan fingerprint density at radius 3 is 2.54 bits per heavy atom. The van der Waals surface area contributed by atoms with Gasteiger partial charge in [0.15, 0.2) is 0 Å². The number of carbonyl (C=O) groups is 1. The standard InChI is InChI=1S/C18H24N4O2/c1-24-12-6-11-19-17(23)16-13-21-18(22-14-16)20-10-5-9-15-7-3-2-4-8-15/h2-4,7-8,13-14H,5-6,9-12H2,1H3,(H,19,23)(H,20,21,22). The first-order valence-electron chi connectivity index (χ1n) is 8.16. The molecule has 0 saturated heterocycles. The lowest BCUT2D eigenvalue weighted by molar-refractivity contribution is 0.0948. The number of benzene rings is 1. The van der Waals surface area contributed by atoms with Crippen LogP contribution in [0.3, 0.4) is 0 Å². The van der Waals surface area contributed by atoms with Gasteiger partial charge in [-0.05, 0) is 24.8 Å². The van der Waals surface area contributed by atoms with E-state index >= 15 is 0 Å². The summed E-state index contributed by atoms with van der Waals surface area (Å²) in [5.41, 5.74) is 1.78. The molecule has 0 saturated carbocycles. The Balaban J connectivity index is 1.68. The van der Waals surface area contributed by atoms with Crippen LogP contribution in [0.15, 0.2) is 42.7 Å². The van der Waals surface area contributed by atoms with Crippen molar-refractivity contribution in [3.63, 3.8) is 0 Å². The SMILES string of the molecule is COCCCNC(=O)c1cnc(NCCCc2ccccc2)nc1. The van der Waals surface area contributed by atoms with Crippen LogP contribution >= 0.6 is 0 Å². The molecule has 6 heteroatoms. The van der Waals surface area contributed by atoms with Gasteiger partial charge in [0, 0.05) is 39.2 Å². The molecule has 0 aliphatic carbocycles. The number of aryl methyl sites for hydroxylation is 1. The van der Waals surface area contributed by atoms with Gasteiger partial charge in [-0.15, -0.1) is 0 Å². The maximum atomic E-state index is 11.9. The number of nitrogens with one attached hydrogen (secondary N) is 2.